The highest BCUT2D eigenvalue weighted by Crippen LogP contribution is 2.42. The summed E-state index contributed by atoms with van der Waals surface area (Å²) in [5.74, 6) is -1.13. The normalized spacial score (nSPS) is 25.3. The number of carbonyl (C=O) groups excluding carboxylic acids is 3. The van der Waals surface area contributed by atoms with Crippen molar-refractivity contribution in [2.75, 3.05) is 46.9 Å². The number of likely N-dealkylation sites (tertiary alicyclic amines) is 1. The minimum atomic E-state index is -1.51. The fourth-order valence-corrected chi connectivity index (χ4v) is 4.91. The van der Waals surface area contributed by atoms with Crippen molar-refractivity contribution in [3.8, 4) is 0 Å². The van der Waals surface area contributed by atoms with Crippen LogP contribution in [-0.2, 0) is 24.5 Å². The average molecular weight is 460 g/mol. The summed E-state index contributed by atoms with van der Waals surface area (Å²) in [6.45, 7) is 2.53. The fraction of sp³-hybridized carbons (Fsp3) is 0.640. The maximum absolute atomic E-state index is 15.0. The predicted octanol–water partition coefficient (Wildman–Crippen LogP) is 2.19. The summed E-state index contributed by atoms with van der Waals surface area (Å²) in [6, 6.07) is 6.03. The molecule has 7 nitrogen and oxygen atoms in total. The van der Waals surface area contributed by atoms with Gasteiger partial charge in [-0.3, -0.25) is 19.3 Å². The van der Waals surface area contributed by atoms with E-state index in [9.17, 15) is 18.8 Å². The van der Waals surface area contributed by atoms with Gasteiger partial charge in [-0.1, -0.05) is 18.2 Å². The summed E-state index contributed by atoms with van der Waals surface area (Å²) in [5, 5.41) is 0. The van der Waals surface area contributed by atoms with Gasteiger partial charge in [0, 0.05) is 51.2 Å². The molecule has 2 atom stereocenters. The van der Waals surface area contributed by atoms with E-state index >= 15 is 0 Å². The van der Waals surface area contributed by atoms with Crippen LogP contribution >= 0.6 is 0 Å². The molecule has 0 bridgehead atoms. The van der Waals surface area contributed by atoms with Gasteiger partial charge in [-0.05, 0) is 51.8 Å². The SMILES string of the molecule is CN(C)CCN1C(=O)CC(CC(=O)N(CC2CC2)CC2CCCO2)(c2ccccc2F)C1=O. The molecule has 3 aliphatic rings. The molecule has 1 aliphatic carbocycles. The zero-order valence-electron chi connectivity index (χ0n) is 19.6. The minimum absolute atomic E-state index is 0.00499. The molecule has 0 spiro atoms. The number of hydrogen-bond acceptors (Lipinski definition) is 5. The number of imide groups is 1. The molecule has 33 heavy (non-hydrogen) atoms. The van der Waals surface area contributed by atoms with Crippen molar-refractivity contribution in [1.29, 1.82) is 0 Å². The average Bonchev–Trinajstić information content (AvgIpc) is 3.37. The van der Waals surface area contributed by atoms with Crippen molar-refractivity contribution >= 4 is 17.7 Å². The van der Waals surface area contributed by atoms with Crippen molar-refractivity contribution in [1.82, 2.24) is 14.7 Å². The van der Waals surface area contributed by atoms with E-state index in [1.165, 1.54) is 17.0 Å². The van der Waals surface area contributed by atoms with Gasteiger partial charge in [-0.25, -0.2) is 4.39 Å². The fourth-order valence-electron chi connectivity index (χ4n) is 4.91. The largest absolute Gasteiger partial charge is 0.376 e. The Hall–Kier alpha value is -2.32. The van der Waals surface area contributed by atoms with Crippen LogP contribution in [0.4, 0.5) is 4.39 Å². The van der Waals surface area contributed by atoms with Crippen molar-refractivity contribution in [3.63, 3.8) is 0 Å². The van der Waals surface area contributed by atoms with Gasteiger partial charge in [0.05, 0.1) is 11.5 Å². The molecule has 180 valence electrons. The van der Waals surface area contributed by atoms with Gasteiger partial charge in [0.15, 0.2) is 0 Å². The summed E-state index contributed by atoms with van der Waals surface area (Å²) in [4.78, 5) is 45.1. The van der Waals surface area contributed by atoms with Gasteiger partial charge < -0.3 is 14.5 Å². The molecule has 2 unspecified atom stereocenters. The van der Waals surface area contributed by atoms with Crippen LogP contribution in [0.15, 0.2) is 24.3 Å². The standard InChI is InChI=1S/C25H34FN3O4/c1-27(2)11-12-29-23(31)15-25(24(29)32,20-7-3-4-8-21(20)26)14-22(30)28(16-18-9-10-18)17-19-6-5-13-33-19/h3-4,7-8,18-19H,5-6,9-17H2,1-2H3. The van der Waals surface area contributed by atoms with E-state index in [4.69, 9.17) is 4.74 Å². The van der Waals surface area contributed by atoms with E-state index in [0.717, 1.165) is 25.7 Å². The molecule has 2 saturated heterocycles. The van der Waals surface area contributed by atoms with E-state index in [1.807, 2.05) is 19.0 Å². The van der Waals surface area contributed by atoms with E-state index in [-0.39, 0.29) is 42.9 Å². The highest BCUT2D eigenvalue weighted by Gasteiger charge is 2.55. The number of rotatable bonds is 10. The lowest BCUT2D eigenvalue weighted by atomic mass is 9.75. The van der Waals surface area contributed by atoms with Crippen LogP contribution in [0.25, 0.3) is 0 Å². The van der Waals surface area contributed by atoms with Crippen LogP contribution in [0, 0.1) is 11.7 Å². The summed E-state index contributed by atoms with van der Waals surface area (Å²) in [6.07, 6.45) is 3.65. The first-order valence-corrected chi connectivity index (χ1v) is 11.9. The summed E-state index contributed by atoms with van der Waals surface area (Å²) < 4.78 is 20.7. The Morgan fingerprint density at radius 2 is 1.94 bits per heavy atom. The topological polar surface area (TPSA) is 70.2 Å². The van der Waals surface area contributed by atoms with Gasteiger partial charge in [0.1, 0.15) is 5.82 Å². The van der Waals surface area contributed by atoms with Gasteiger partial charge in [0.25, 0.3) is 0 Å². The molecular formula is C25H34FN3O4. The number of nitrogens with zero attached hydrogens (tertiary/aromatic N) is 3. The monoisotopic (exact) mass is 459 g/mol. The third-order valence-electron chi connectivity index (χ3n) is 7.00. The summed E-state index contributed by atoms with van der Waals surface area (Å²) in [5.41, 5.74) is -1.38. The Labute approximate surface area is 194 Å². The van der Waals surface area contributed by atoms with Gasteiger partial charge >= 0.3 is 0 Å². The number of benzene rings is 1. The van der Waals surface area contributed by atoms with E-state index in [0.29, 0.717) is 32.2 Å². The van der Waals surface area contributed by atoms with Crippen LogP contribution in [0.3, 0.4) is 0 Å². The molecule has 0 N–H and O–H groups in total. The lowest BCUT2D eigenvalue weighted by Gasteiger charge is -2.32. The highest BCUT2D eigenvalue weighted by atomic mass is 19.1. The van der Waals surface area contributed by atoms with Gasteiger partial charge in [-0.15, -0.1) is 0 Å². The molecule has 4 rings (SSSR count). The maximum atomic E-state index is 15.0. The van der Waals surface area contributed by atoms with Gasteiger partial charge in [-0.2, -0.15) is 0 Å². The lowest BCUT2D eigenvalue weighted by Crippen LogP contribution is -2.46. The quantitative estimate of drug-likeness (QED) is 0.502. The molecule has 0 radical (unpaired) electrons. The molecule has 8 heteroatoms. The smallest absolute Gasteiger partial charge is 0.241 e. The Balaban J connectivity index is 1.62. The maximum Gasteiger partial charge on any atom is 0.241 e. The van der Waals surface area contributed by atoms with Crippen molar-refractivity contribution < 1.29 is 23.5 Å². The molecule has 1 aromatic carbocycles. The van der Waals surface area contributed by atoms with Crippen LogP contribution in [0.1, 0.15) is 44.1 Å². The number of halogens is 1. The second-order valence-corrected chi connectivity index (χ2v) is 9.95. The number of ether oxygens (including phenoxy) is 1. The molecule has 3 amide bonds. The van der Waals surface area contributed by atoms with E-state index < -0.39 is 17.1 Å². The number of carbonyl (C=O) groups is 3. The van der Waals surface area contributed by atoms with Crippen LogP contribution < -0.4 is 0 Å². The van der Waals surface area contributed by atoms with Crippen molar-refractivity contribution in [2.24, 2.45) is 5.92 Å². The molecule has 1 saturated carbocycles. The number of likely N-dealkylation sites (N-methyl/N-ethyl adjacent to an activating group) is 1. The molecular weight excluding hydrogens is 425 g/mol. The first-order chi connectivity index (χ1) is 15.8. The lowest BCUT2D eigenvalue weighted by molar-refractivity contribution is -0.143. The van der Waals surface area contributed by atoms with E-state index in [1.54, 1.807) is 17.0 Å². The van der Waals surface area contributed by atoms with Crippen molar-refractivity contribution in [2.45, 2.75) is 50.0 Å². The van der Waals surface area contributed by atoms with Crippen molar-refractivity contribution in [3.05, 3.63) is 35.6 Å². The van der Waals surface area contributed by atoms with Gasteiger partial charge in [0.2, 0.25) is 17.7 Å². The van der Waals surface area contributed by atoms with Crippen LogP contribution in [0.5, 0.6) is 0 Å². The van der Waals surface area contributed by atoms with E-state index in [2.05, 4.69) is 0 Å². The Morgan fingerprint density at radius 3 is 2.58 bits per heavy atom. The molecule has 2 heterocycles. The summed E-state index contributed by atoms with van der Waals surface area (Å²) in [7, 11) is 3.72. The number of amides is 3. The third kappa shape index (κ3) is 5.27. The molecule has 0 aromatic heterocycles. The molecule has 1 aromatic rings. The molecule has 3 fully saturated rings. The second kappa shape index (κ2) is 9.89. The van der Waals surface area contributed by atoms with Crippen LogP contribution in [-0.4, -0.2) is 85.4 Å². The molecule has 2 aliphatic heterocycles. The van der Waals surface area contributed by atoms with Crippen LogP contribution in [0.2, 0.25) is 0 Å². The first-order valence-electron chi connectivity index (χ1n) is 11.9. The predicted molar refractivity (Wildman–Crippen MR) is 121 cm³/mol. The zero-order valence-corrected chi connectivity index (χ0v) is 19.6. The first kappa shape index (κ1) is 23.8. The third-order valence-corrected chi connectivity index (χ3v) is 7.00. The minimum Gasteiger partial charge on any atom is -0.376 e. The summed E-state index contributed by atoms with van der Waals surface area (Å²) >= 11 is 0. The Morgan fingerprint density at radius 1 is 1.18 bits per heavy atom. The second-order valence-electron chi connectivity index (χ2n) is 9.95. The Bertz CT molecular complexity index is 897. The highest BCUT2D eigenvalue weighted by molar-refractivity contribution is 6.10. The zero-order chi connectivity index (χ0) is 23.6. The number of hydrogen-bond donors (Lipinski definition) is 0. The Kier molecular flexibility index (Phi) is 7.14.